The van der Waals surface area contributed by atoms with Gasteiger partial charge in [-0.25, -0.2) is 5.43 Å². The van der Waals surface area contributed by atoms with Crippen molar-refractivity contribution in [2.24, 2.45) is 5.10 Å². The van der Waals surface area contributed by atoms with E-state index in [-0.39, 0.29) is 5.91 Å². The molecule has 0 aliphatic carbocycles. The van der Waals surface area contributed by atoms with E-state index in [1.54, 1.807) is 43.5 Å². The maximum absolute atomic E-state index is 12.1. The van der Waals surface area contributed by atoms with Crippen molar-refractivity contribution in [3.05, 3.63) is 92.9 Å². The number of benzene rings is 3. The number of amides is 1. The molecule has 7 heteroatoms. The van der Waals surface area contributed by atoms with Crippen LogP contribution in [0.5, 0.6) is 11.5 Å². The lowest BCUT2D eigenvalue weighted by Crippen LogP contribution is -2.17. The average Bonchev–Trinajstić information content (AvgIpc) is 2.74. The van der Waals surface area contributed by atoms with Crippen molar-refractivity contribution in [3.63, 3.8) is 0 Å². The van der Waals surface area contributed by atoms with Crippen LogP contribution in [-0.4, -0.2) is 19.2 Å². The van der Waals surface area contributed by atoms with Gasteiger partial charge in [0.05, 0.1) is 13.3 Å². The number of ether oxygens (including phenoxy) is 2. The van der Waals surface area contributed by atoms with Crippen molar-refractivity contribution in [2.45, 2.75) is 6.61 Å². The normalized spacial score (nSPS) is 10.7. The van der Waals surface area contributed by atoms with Gasteiger partial charge in [0.1, 0.15) is 6.61 Å². The number of halogens is 2. The van der Waals surface area contributed by atoms with Gasteiger partial charge in [-0.05, 0) is 54.1 Å². The minimum Gasteiger partial charge on any atom is -0.493 e. The van der Waals surface area contributed by atoms with Crippen LogP contribution in [0, 0.1) is 0 Å². The Hall–Kier alpha value is -2.83. The minimum atomic E-state index is -0.291. The number of carbonyl (C=O) groups excluding carboxylic acids is 1. The molecule has 0 saturated carbocycles. The summed E-state index contributed by atoms with van der Waals surface area (Å²) >= 11 is 9.49. The number of hydrazone groups is 1. The molecular formula is C22H18BrClN2O3. The molecule has 29 heavy (non-hydrogen) atoms. The highest BCUT2D eigenvalue weighted by Crippen LogP contribution is 2.29. The Morgan fingerprint density at radius 3 is 2.59 bits per heavy atom. The van der Waals surface area contributed by atoms with Gasteiger partial charge < -0.3 is 9.47 Å². The fraction of sp³-hybridized carbons (Fsp3) is 0.0909. The molecule has 148 valence electrons. The Morgan fingerprint density at radius 1 is 1.10 bits per heavy atom. The van der Waals surface area contributed by atoms with E-state index in [1.807, 2.05) is 30.3 Å². The van der Waals surface area contributed by atoms with E-state index < -0.39 is 0 Å². The molecule has 3 aromatic carbocycles. The zero-order valence-electron chi connectivity index (χ0n) is 15.6. The number of hydrogen-bond donors (Lipinski definition) is 1. The second-order valence-corrected chi connectivity index (χ2v) is 7.32. The Kier molecular flexibility index (Phi) is 7.27. The first-order valence-electron chi connectivity index (χ1n) is 8.70. The van der Waals surface area contributed by atoms with Crippen LogP contribution in [0.15, 0.2) is 76.3 Å². The third kappa shape index (κ3) is 5.82. The van der Waals surface area contributed by atoms with Gasteiger partial charge in [0.2, 0.25) is 0 Å². The van der Waals surface area contributed by atoms with Crippen molar-refractivity contribution < 1.29 is 14.3 Å². The van der Waals surface area contributed by atoms with Gasteiger partial charge >= 0.3 is 0 Å². The topological polar surface area (TPSA) is 59.9 Å². The van der Waals surface area contributed by atoms with Gasteiger partial charge in [-0.3, -0.25) is 4.79 Å². The molecule has 0 spiro atoms. The number of rotatable bonds is 7. The second kappa shape index (κ2) is 10.1. The van der Waals surface area contributed by atoms with Crippen LogP contribution in [0.2, 0.25) is 5.02 Å². The van der Waals surface area contributed by atoms with Crippen molar-refractivity contribution in [1.82, 2.24) is 5.43 Å². The Morgan fingerprint density at radius 2 is 1.86 bits per heavy atom. The summed E-state index contributed by atoms with van der Waals surface area (Å²) in [5, 5.41) is 4.65. The molecule has 0 fully saturated rings. The van der Waals surface area contributed by atoms with Crippen LogP contribution < -0.4 is 14.9 Å². The predicted molar refractivity (Wildman–Crippen MR) is 118 cm³/mol. The van der Waals surface area contributed by atoms with Crippen molar-refractivity contribution >= 4 is 39.7 Å². The van der Waals surface area contributed by atoms with Crippen LogP contribution in [-0.2, 0) is 6.61 Å². The van der Waals surface area contributed by atoms with Crippen molar-refractivity contribution in [3.8, 4) is 11.5 Å². The zero-order chi connectivity index (χ0) is 20.6. The maximum atomic E-state index is 12.1. The summed E-state index contributed by atoms with van der Waals surface area (Å²) in [7, 11) is 1.56. The molecule has 0 aromatic heterocycles. The largest absolute Gasteiger partial charge is 0.493 e. The highest BCUT2D eigenvalue weighted by Gasteiger charge is 2.08. The van der Waals surface area contributed by atoms with E-state index in [0.29, 0.717) is 28.7 Å². The van der Waals surface area contributed by atoms with Crippen LogP contribution >= 0.6 is 27.5 Å². The first-order valence-corrected chi connectivity index (χ1v) is 9.87. The maximum Gasteiger partial charge on any atom is 0.271 e. The summed E-state index contributed by atoms with van der Waals surface area (Å²) in [6.07, 6.45) is 1.54. The standard InChI is InChI=1S/C22H18BrClN2O3/c1-28-21-12-15(13-25-26-22(27)16-7-9-18(23)10-8-16)6-11-20(21)29-14-17-4-2-3-5-19(17)24/h2-13H,14H2,1H3,(H,26,27)/b25-13-. The SMILES string of the molecule is COc1cc(/C=N\NC(=O)c2ccc(Br)cc2)ccc1OCc1ccccc1Cl. The van der Waals surface area contributed by atoms with E-state index in [1.165, 1.54) is 6.21 Å². The number of nitrogens with one attached hydrogen (secondary N) is 1. The summed E-state index contributed by atoms with van der Waals surface area (Å²) in [6, 6.07) is 19.9. The molecule has 3 rings (SSSR count). The van der Waals surface area contributed by atoms with E-state index in [4.69, 9.17) is 21.1 Å². The zero-order valence-corrected chi connectivity index (χ0v) is 17.9. The van der Waals surface area contributed by atoms with E-state index >= 15 is 0 Å². The molecule has 0 radical (unpaired) electrons. The molecule has 5 nitrogen and oxygen atoms in total. The predicted octanol–water partition coefficient (Wildman–Crippen LogP) is 5.45. The molecule has 0 unspecified atom stereocenters. The van der Waals surface area contributed by atoms with E-state index in [2.05, 4.69) is 26.5 Å². The molecule has 1 N–H and O–H groups in total. The number of nitrogens with zero attached hydrogens (tertiary/aromatic N) is 1. The quantitative estimate of drug-likeness (QED) is 0.366. The summed E-state index contributed by atoms with van der Waals surface area (Å²) in [5.41, 5.74) is 4.66. The molecule has 0 aliphatic heterocycles. The van der Waals surface area contributed by atoms with E-state index in [0.717, 1.165) is 15.6 Å². The van der Waals surface area contributed by atoms with E-state index in [9.17, 15) is 4.79 Å². The number of methoxy groups -OCH3 is 1. The van der Waals surface area contributed by atoms with Gasteiger partial charge in [0.25, 0.3) is 5.91 Å². The van der Waals surface area contributed by atoms with Crippen molar-refractivity contribution in [1.29, 1.82) is 0 Å². The number of carbonyl (C=O) groups is 1. The Bertz CT molecular complexity index is 1020. The second-order valence-electron chi connectivity index (χ2n) is 6.00. The Labute approximate surface area is 182 Å². The summed E-state index contributed by atoms with van der Waals surface area (Å²) in [5.74, 6) is 0.851. The minimum absolute atomic E-state index is 0.291. The highest BCUT2D eigenvalue weighted by molar-refractivity contribution is 9.10. The smallest absolute Gasteiger partial charge is 0.271 e. The monoisotopic (exact) mass is 472 g/mol. The third-order valence-electron chi connectivity index (χ3n) is 4.01. The van der Waals surface area contributed by atoms with Gasteiger partial charge in [0.15, 0.2) is 11.5 Å². The van der Waals surface area contributed by atoms with Gasteiger partial charge in [-0.2, -0.15) is 5.10 Å². The molecule has 0 aliphatic rings. The lowest BCUT2D eigenvalue weighted by atomic mass is 10.2. The Balaban J connectivity index is 1.63. The first kappa shape index (κ1) is 20.9. The number of hydrogen-bond acceptors (Lipinski definition) is 4. The average molecular weight is 474 g/mol. The molecular weight excluding hydrogens is 456 g/mol. The van der Waals surface area contributed by atoms with Crippen LogP contribution in [0.3, 0.4) is 0 Å². The third-order valence-corrected chi connectivity index (χ3v) is 4.91. The summed E-state index contributed by atoms with van der Waals surface area (Å²) in [6.45, 7) is 0.326. The fourth-order valence-electron chi connectivity index (χ4n) is 2.49. The van der Waals surface area contributed by atoms with Crippen LogP contribution in [0.25, 0.3) is 0 Å². The highest BCUT2D eigenvalue weighted by atomic mass is 79.9. The molecule has 3 aromatic rings. The summed E-state index contributed by atoms with van der Waals surface area (Å²) in [4.78, 5) is 12.1. The van der Waals surface area contributed by atoms with Gasteiger partial charge in [0, 0.05) is 20.6 Å². The molecule has 0 atom stereocenters. The molecule has 1 amide bonds. The van der Waals surface area contributed by atoms with Gasteiger partial charge in [-0.15, -0.1) is 0 Å². The first-order chi connectivity index (χ1) is 14.1. The summed E-state index contributed by atoms with van der Waals surface area (Å²) < 4.78 is 12.1. The van der Waals surface area contributed by atoms with Crippen LogP contribution in [0.4, 0.5) is 0 Å². The fourth-order valence-corrected chi connectivity index (χ4v) is 2.94. The van der Waals surface area contributed by atoms with Crippen molar-refractivity contribution in [2.75, 3.05) is 7.11 Å². The van der Waals surface area contributed by atoms with Gasteiger partial charge in [-0.1, -0.05) is 45.7 Å². The molecule has 0 saturated heterocycles. The molecule has 0 heterocycles. The van der Waals surface area contributed by atoms with Crippen LogP contribution in [0.1, 0.15) is 21.5 Å². The lowest BCUT2D eigenvalue weighted by Gasteiger charge is -2.12. The molecule has 0 bridgehead atoms. The lowest BCUT2D eigenvalue weighted by molar-refractivity contribution is 0.0955.